The predicted molar refractivity (Wildman–Crippen MR) is 110 cm³/mol. The van der Waals surface area contributed by atoms with E-state index in [1.807, 2.05) is 36.5 Å². The molecule has 1 fully saturated rings. The lowest BCUT2D eigenvalue weighted by molar-refractivity contribution is 0.413. The third-order valence-corrected chi connectivity index (χ3v) is 5.59. The van der Waals surface area contributed by atoms with Gasteiger partial charge in [-0.05, 0) is 35.4 Å². The molecule has 4 aromatic rings. The van der Waals surface area contributed by atoms with E-state index in [-0.39, 0.29) is 17.7 Å². The molecule has 7 nitrogen and oxygen atoms in total. The summed E-state index contributed by atoms with van der Waals surface area (Å²) in [5, 5.41) is 21.5. The third-order valence-electron chi connectivity index (χ3n) is 5.59. The number of rotatable bonds is 4. The molecule has 0 bridgehead atoms. The van der Waals surface area contributed by atoms with Crippen LogP contribution in [0.1, 0.15) is 23.2 Å². The van der Waals surface area contributed by atoms with Gasteiger partial charge in [0.15, 0.2) is 0 Å². The number of aromatic amines is 1. The molecule has 1 aliphatic rings. The molecule has 7 heteroatoms. The quantitative estimate of drug-likeness (QED) is 0.498. The van der Waals surface area contributed by atoms with Crippen molar-refractivity contribution < 1.29 is 9.84 Å². The lowest BCUT2D eigenvalue weighted by atomic mass is 9.88. The van der Waals surface area contributed by atoms with Gasteiger partial charge in [0.25, 0.3) is 0 Å². The Kier molecular flexibility index (Phi) is 4.37. The fourth-order valence-corrected chi connectivity index (χ4v) is 4.06. The molecule has 146 valence electrons. The largest absolute Gasteiger partial charge is 0.497 e. The smallest absolute Gasteiger partial charge is 0.222 e. The minimum atomic E-state index is 0.00615. The van der Waals surface area contributed by atoms with Gasteiger partial charge in [0.1, 0.15) is 11.6 Å². The highest BCUT2D eigenvalue weighted by atomic mass is 16.5. The third kappa shape index (κ3) is 3.19. The number of nitrogens with zero attached hydrogens (tertiary/aromatic N) is 3. The summed E-state index contributed by atoms with van der Waals surface area (Å²) >= 11 is 0. The molecular formula is C22H21N5O2. The fourth-order valence-electron chi connectivity index (χ4n) is 4.06. The summed E-state index contributed by atoms with van der Waals surface area (Å²) in [7, 11) is 1.67. The fraction of sp³-hybridized carbons (Fsp3) is 0.227. The van der Waals surface area contributed by atoms with Crippen LogP contribution in [0.25, 0.3) is 22.0 Å². The van der Waals surface area contributed by atoms with Gasteiger partial charge < -0.3 is 15.2 Å². The summed E-state index contributed by atoms with van der Waals surface area (Å²) in [4.78, 5) is 9.27. The zero-order chi connectivity index (χ0) is 19.8. The molecule has 2 atom stereocenters. The molecule has 2 aromatic carbocycles. The minimum absolute atomic E-state index is 0.00615. The van der Waals surface area contributed by atoms with Crippen molar-refractivity contribution in [2.24, 2.45) is 0 Å². The van der Waals surface area contributed by atoms with Crippen LogP contribution >= 0.6 is 0 Å². The average molecular weight is 387 g/mol. The molecule has 0 spiro atoms. The molecule has 0 saturated carbocycles. The van der Waals surface area contributed by atoms with Crippen molar-refractivity contribution in [3.8, 4) is 22.8 Å². The van der Waals surface area contributed by atoms with Crippen LogP contribution < -0.4 is 10.1 Å². The second-order valence-electron chi connectivity index (χ2n) is 7.27. The Morgan fingerprint density at radius 1 is 1.03 bits per heavy atom. The highest BCUT2D eigenvalue weighted by Crippen LogP contribution is 2.37. The molecule has 1 saturated heterocycles. The number of fused-ring (bicyclic) bond motifs is 1. The lowest BCUT2D eigenvalue weighted by Crippen LogP contribution is -2.13. The van der Waals surface area contributed by atoms with Crippen molar-refractivity contribution in [3.63, 3.8) is 0 Å². The van der Waals surface area contributed by atoms with Crippen LogP contribution in [0.2, 0.25) is 0 Å². The van der Waals surface area contributed by atoms with E-state index in [0.717, 1.165) is 35.5 Å². The van der Waals surface area contributed by atoms with Crippen LogP contribution in [0.5, 0.6) is 11.6 Å². The normalized spacial score (nSPS) is 18.9. The summed E-state index contributed by atoms with van der Waals surface area (Å²) in [6, 6.07) is 13.9. The molecule has 0 aliphatic carbocycles. The zero-order valence-corrected chi connectivity index (χ0v) is 16.0. The van der Waals surface area contributed by atoms with Gasteiger partial charge >= 0.3 is 0 Å². The van der Waals surface area contributed by atoms with E-state index >= 15 is 0 Å². The first kappa shape index (κ1) is 17.6. The molecule has 0 amide bonds. The summed E-state index contributed by atoms with van der Waals surface area (Å²) in [5.41, 5.74) is 3.82. The molecular weight excluding hydrogens is 366 g/mol. The van der Waals surface area contributed by atoms with Crippen LogP contribution in [0, 0.1) is 0 Å². The van der Waals surface area contributed by atoms with Crippen LogP contribution in [0.4, 0.5) is 0 Å². The summed E-state index contributed by atoms with van der Waals surface area (Å²) in [6.07, 6.45) is 3.56. The number of hydrogen-bond donors (Lipinski definition) is 3. The van der Waals surface area contributed by atoms with Crippen molar-refractivity contribution in [1.29, 1.82) is 0 Å². The van der Waals surface area contributed by atoms with E-state index in [4.69, 9.17) is 9.72 Å². The van der Waals surface area contributed by atoms with Crippen molar-refractivity contribution >= 4 is 10.9 Å². The molecule has 5 rings (SSSR count). The molecule has 3 N–H and O–H groups in total. The van der Waals surface area contributed by atoms with E-state index in [9.17, 15) is 5.11 Å². The first-order chi connectivity index (χ1) is 14.2. The van der Waals surface area contributed by atoms with Crippen LogP contribution in [-0.4, -0.2) is 45.5 Å². The molecule has 0 unspecified atom stereocenters. The maximum absolute atomic E-state index is 10.7. The summed E-state index contributed by atoms with van der Waals surface area (Å²) in [6.45, 7) is 1.60. The Morgan fingerprint density at radius 2 is 1.93 bits per heavy atom. The van der Waals surface area contributed by atoms with Gasteiger partial charge in [0.05, 0.1) is 24.2 Å². The standard InChI is InChI=1S/C22H21N5O2/c1-29-16-4-2-3-14(7-16)18-11-23-12-19(18)21-26-20-6-5-13(15-9-24-25-10-15)8-17(20)22(28)27-21/h2-10,18-19,23H,11-12H2,1H3,(H,24,25)(H,26,27,28)/t18-,19+/m0/s1. The topological polar surface area (TPSA) is 96.0 Å². The van der Waals surface area contributed by atoms with Gasteiger partial charge in [-0.1, -0.05) is 18.2 Å². The number of H-pyrrole nitrogens is 1. The van der Waals surface area contributed by atoms with E-state index < -0.39 is 0 Å². The number of ether oxygens (including phenoxy) is 1. The van der Waals surface area contributed by atoms with Crippen LogP contribution in [0.3, 0.4) is 0 Å². The Bertz CT molecular complexity index is 1160. The van der Waals surface area contributed by atoms with Gasteiger partial charge in [-0.2, -0.15) is 10.1 Å². The monoisotopic (exact) mass is 387 g/mol. The second-order valence-corrected chi connectivity index (χ2v) is 7.27. The molecule has 3 heterocycles. The number of methoxy groups -OCH3 is 1. The number of benzene rings is 2. The Morgan fingerprint density at radius 3 is 2.76 bits per heavy atom. The van der Waals surface area contributed by atoms with Gasteiger partial charge in [-0.25, -0.2) is 4.98 Å². The van der Waals surface area contributed by atoms with E-state index in [0.29, 0.717) is 11.2 Å². The van der Waals surface area contributed by atoms with Crippen molar-refractivity contribution in [3.05, 3.63) is 66.2 Å². The number of aromatic hydroxyl groups is 1. The molecule has 29 heavy (non-hydrogen) atoms. The van der Waals surface area contributed by atoms with Crippen molar-refractivity contribution in [2.75, 3.05) is 20.2 Å². The first-order valence-corrected chi connectivity index (χ1v) is 9.57. The number of hydrogen-bond acceptors (Lipinski definition) is 6. The SMILES string of the molecule is COc1cccc([C@@H]2CNC[C@H]2c2nc(O)c3cc(-c4cn[nH]c4)ccc3n2)c1. The minimum Gasteiger partial charge on any atom is -0.497 e. The van der Waals surface area contributed by atoms with Gasteiger partial charge in [-0.3, -0.25) is 5.10 Å². The predicted octanol–water partition coefficient (Wildman–Crippen LogP) is 3.20. The number of aromatic nitrogens is 4. The summed E-state index contributed by atoms with van der Waals surface area (Å²) in [5.74, 6) is 1.79. The number of nitrogens with one attached hydrogen (secondary N) is 2. The van der Waals surface area contributed by atoms with Gasteiger partial charge in [0, 0.05) is 36.7 Å². The van der Waals surface area contributed by atoms with Crippen LogP contribution in [0.15, 0.2) is 54.9 Å². The van der Waals surface area contributed by atoms with Gasteiger partial charge in [0.2, 0.25) is 5.88 Å². The molecule has 1 aliphatic heterocycles. The Labute approximate surface area is 167 Å². The maximum Gasteiger partial charge on any atom is 0.222 e. The average Bonchev–Trinajstić information content (AvgIpc) is 3.46. The zero-order valence-electron chi connectivity index (χ0n) is 16.0. The van der Waals surface area contributed by atoms with Gasteiger partial charge in [-0.15, -0.1) is 0 Å². The molecule has 0 radical (unpaired) electrons. The van der Waals surface area contributed by atoms with Crippen LogP contribution in [-0.2, 0) is 0 Å². The second kappa shape index (κ2) is 7.18. The van der Waals surface area contributed by atoms with E-state index in [1.165, 1.54) is 5.56 Å². The van der Waals surface area contributed by atoms with E-state index in [2.05, 4.69) is 32.6 Å². The molecule has 2 aromatic heterocycles. The first-order valence-electron chi connectivity index (χ1n) is 9.57. The van der Waals surface area contributed by atoms with Crippen molar-refractivity contribution in [2.45, 2.75) is 11.8 Å². The van der Waals surface area contributed by atoms with E-state index in [1.54, 1.807) is 13.3 Å². The van der Waals surface area contributed by atoms with Crippen molar-refractivity contribution in [1.82, 2.24) is 25.5 Å². The Hall–Kier alpha value is -3.45. The highest BCUT2D eigenvalue weighted by Gasteiger charge is 2.32. The lowest BCUT2D eigenvalue weighted by Gasteiger charge is -2.19. The highest BCUT2D eigenvalue weighted by molar-refractivity contribution is 5.87. The summed E-state index contributed by atoms with van der Waals surface area (Å²) < 4.78 is 5.38. The Balaban J connectivity index is 1.53. The maximum atomic E-state index is 10.7.